The lowest BCUT2D eigenvalue weighted by atomic mass is 10.2. The lowest BCUT2D eigenvalue weighted by Gasteiger charge is -2.15. The molecule has 0 saturated carbocycles. The SMILES string of the molecule is COCC(C)Oc1ccc(S(N)(=O)=O)c2cccnc12. The van der Waals surface area contributed by atoms with E-state index in [1.54, 1.807) is 31.5 Å². The third-order valence-electron chi connectivity index (χ3n) is 2.73. The first-order valence-corrected chi connectivity index (χ1v) is 7.54. The molecule has 1 heterocycles. The largest absolute Gasteiger partial charge is 0.486 e. The molecule has 0 bridgehead atoms. The maximum absolute atomic E-state index is 11.6. The summed E-state index contributed by atoms with van der Waals surface area (Å²) in [6.07, 6.45) is 1.40. The number of benzene rings is 1. The lowest BCUT2D eigenvalue weighted by Crippen LogP contribution is -2.18. The summed E-state index contributed by atoms with van der Waals surface area (Å²) in [6.45, 7) is 2.27. The van der Waals surface area contributed by atoms with Crippen LogP contribution < -0.4 is 9.88 Å². The topological polar surface area (TPSA) is 91.5 Å². The van der Waals surface area contributed by atoms with Crippen molar-refractivity contribution in [2.45, 2.75) is 17.9 Å². The van der Waals surface area contributed by atoms with E-state index in [-0.39, 0.29) is 11.0 Å². The minimum absolute atomic E-state index is 0.0346. The Morgan fingerprint density at radius 2 is 2.10 bits per heavy atom. The first-order chi connectivity index (χ1) is 9.43. The second-order valence-corrected chi connectivity index (χ2v) is 5.92. The summed E-state index contributed by atoms with van der Waals surface area (Å²) in [5, 5.41) is 5.65. The Morgan fingerprint density at radius 1 is 1.35 bits per heavy atom. The van der Waals surface area contributed by atoms with Gasteiger partial charge in [0.25, 0.3) is 0 Å². The van der Waals surface area contributed by atoms with Crippen molar-refractivity contribution in [2.75, 3.05) is 13.7 Å². The molecular weight excluding hydrogens is 280 g/mol. The highest BCUT2D eigenvalue weighted by molar-refractivity contribution is 7.89. The van der Waals surface area contributed by atoms with E-state index in [4.69, 9.17) is 14.6 Å². The van der Waals surface area contributed by atoms with E-state index >= 15 is 0 Å². The molecule has 0 aliphatic rings. The number of ether oxygens (including phenoxy) is 2. The summed E-state index contributed by atoms with van der Waals surface area (Å²) in [5.41, 5.74) is 0.460. The molecule has 0 fully saturated rings. The molecule has 1 aromatic heterocycles. The van der Waals surface area contributed by atoms with E-state index in [1.807, 2.05) is 6.92 Å². The van der Waals surface area contributed by atoms with E-state index in [0.717, 1.165) is 0 Å². The van der Waals surface area contributed by atoms with Gasteiger partial charge >= 0.3 is 0 Å². The van der Waals surface area contributed by atoms with Gasteiger partial charge in [-0.15, -0.1) is 0 Å². The number of nitrogens with zero attached hydrogens (tertiary/aromatic N) is 1. The number of primary sulfonamides is 1. The van der Waals surface area contributed by atoms with Gasteiger partial charge in [-0.05, 0) is 31.2 Å². The van der Waals surface area contributed by atoms with E-state index in [2.05, 4.69) is 4.98 Å². The van der Waals surface area contributed by atoms with Crippen LogP contribution in [0.5, 0.6) is 5.75 Å². The predicted octanol–water partition coefficient (Wildman–Crippen LogP) is 1.30. The molecule has 0 radical (unpaired) electrons. The molecule has 1 atom stereocenters. The second kappa shape index (κ2) is 5.74. The summed E-state index contributed by atoms with van der Waals surface area (Å²) < 4.78 is 33.9. The van der Waals surface area contributed by atoms with Gasteiger partial charge in [0.15, 0.2) is 0 Å². The molecule has 0 amide bonds. The van der Waals surface area contributed by atoms with Crippen LogP contribution in [-0.2, 0) is 14.8 Å². The van der Waals surface area contributed by atoms with Crippen molar-refractivity contribution in [3.63, 3.8) is 0 Å². The molecule has 6 nitrogen and oxygen atoms in total. The lowest BCUT2D eigenvalue weighted by molar-refractivity contribution is 0.0929. The van der Waals surface area contributed by atoms with E-state index < -0.39 is 10.0 Å². The third kappa shape index (κ3) is 3.06. The molecule has 108 valence electrons. The number of aromatic nitrogens is 1. The molecule has 0 saturated heterocycles. The van der Waals surface area contributed by atoms with Gasteiger partial charge in [-0.25, -0.2) is 13.6 Å². The fraction of sp³-hybridized carbons (Fsp3) is 0.308. The molecular formula is C13H16N2O4S. The molecule has 0 aliphatic carbocycles. The zero-order valence-electron chi connectivity index (χ0n) is 11.2. The van der Waals surface area contributed by atoms with Crippen molar-refractivity contribution in [2.24, 2.45) is 5.14 Å². The van der Waals surface area contributed by atoms with Crippen LogP contribution in [0.15, 0.2) is 35.4 Å². The standard InChI is InChI=1S/C13H16N2O4S/c1-9(8-18-2)19-11-5-6-12(20(14,16)17)10-4-3-7-15-13(10)11/h3-7,9H,8H2,1-2H3,(H2,14,16,17). The van der Waals surface area contributed by atoms with Crippen LogP contribution in [-0.4, -0.2) is 33.2 Å². The number of hydrogen-bond donors (Lipinski definition) is 1. The van der Waals surface area contributed by atoms with Gasteiger partial charge in [-0.3, -0.25) is 4.98 Å². The molecule has 1 unspecified atom stereocenters. The Labute approximate surface area is 117 Å². The monoisotopic (exact) mass is 296 g/mol. The third-order valence-corrected chi connectivity index (χ3v) is 3.70. The van der Waals surface area contributed by atoms with Gasteiger partial charge in [0.1, 0.15) is 17.4 Å². The Balaban J connectivity index is 2.55. The molecule has 2 rings (SSSR count). The Kier molecular flexibility index (Phi) is 4.22. The van der Waals surface area contributed by atoms with Crippen LogP contribution in [0, 0.1) is 0 Å². The Morgan fingerprint density at radius 3 is 2.75 bits per heavy atom. The first kappa shape index (κ1) is 14.7. The number of fused-ring (bicyclic) bond motifs is 1. The fourth-order valence-corrected chi connectivity index (χ4v) is 2.68. The molecule has 2 aromatic rings. The smallest absolute Gasteiger partial charge is 0.238 e. The number of pyridine rings is 1. The van der Waals surface area contributed by atoms with Gasteiger partial charge in [0, 0.05) is 18.7 Å². The van der Waals surface area contributed by atoms with Gasteiger partial charge < -0.3 is 9.47 Å². The average molecular weight is 296 g/mol. The minimum atomic E-state index is -3.81. The van der Waals surface area contributed by atoms with Crippen LogP contribution >= 0.6 is 0 Å². The molecule has 2 N–H and O–H groups in total. The van der Waals surface area contributed by atoms with Crippen LogP contribution in [0.1, 0.15) is 6.92 Å². The van der Waals surface area contributed by atoms with E-state index in [1.165, 1.54) is 6.07 Å². The second-order valence-electron chi connectivity index (χ2n) is 4.39. The number of methoxy groups -OCH3 is 1. The number of sulfonamides is 1. The number of hydrogen-bond acceptors (Lipinski definition) is 5. The molecule has 20 heavy (non-hydrogen) atoms. The summed E-state index contributed by atoms with van der Waals surface area (Å²) in [7, 11) is -2.22. The van der Waals surface area contributed by atoms with Crippen molar-refractivity contribution >= 4 is 20.9 Å². The molecule has 1 aromatic carbocycles. The van der Waals surface area contributed by atoms with Crippen molar-refractivity contribution in [1.82, 2.24) is 4.98 Å². The highest BCUT2D eigenvalue weighted by atomic mass is 32.2. The Bertz CT molecular complexity index is 715. The summed E-state index contributed by atoms with van der Waals surface area (Å²) in [5.74, 6) is 0.498. The van der Waals surface area contributed by atoms with Gasteiger partial charge in [-0.1, -0.05) is 0 Å². The number of nitrogens with two attached hydrogens (primary N) is 1. The fourth-order valence-electron chi connectivity index (χ4n) is 1.95. The quantitative estimate of drug-likeness (QED) is 0.897. The molecule has 7 heteroatoms. The zero-order chi connectivity index (χ0) is 14.8. The summed E-state index contributed by atoms with van der Waals surface area (Å²) >= 11 is 0. The first-order valence-electron chi connectivity index (χ1n) is 5.99. The summed E-state index contributed by atoms with van der Waals surface area (Å²) in [4.78, 5) is 4.22. The maximum atomic E-state index is 11.6. The van der Waals surface area contributed by atoms with Crippen LogP contribution in [0.3, 0.4) is 0 Å². The zero-order valence-corrected chi connectivity index (χ0v) is 12.1. The highest BCUT2D eigenvalue weighted by Crippen LogP contribution is 2.29. The van der Waals surface area contributed by atoms with Crippen molar-refractivity contribution in [3.8, 4) is 5.75 Å². The predicted molar refractivity (Wildman–Crippen MR) is 75.1 cm³/mol. The highest BCUT2D eigenvalue weighted by Gasteiger charge is 2.16. The molecule has 0 aliphatic heterocycles. The average Bonchev–Trinajstić information content (AvgIpc) is 2.38. The van der Waals surface area contributed by atoms with Crippen LogP contribution in [0.4, 0.5) is 0 Å². The number of rotatable bonds is 5. The maximum Gasteiger partial charge on any atom is 0.238 e. The van der Waals surface area contributed by atoms with Crippen molar-refractivity contribution < 1.29 is 17.9 Å². The minimum Gasteiger partial charge on any atom is -0.486 e. The van der Waals surface area contributed by atoms with Gasteiger partial charge in [0.2, 0.25) is 10.0 Å². The van der Waals surface area contributed by atoms with Gasteiger partial charge in [0.05, 0.1) is 11.5 Å². The van der Waals surface area contributed by atoms with E-state index in [9.17, 15) is 8.42 Å². The molecule has 0 spiro atoms. The van der Waals surface area contributed by atoms with Crippen molar-refractivity contribution in [3.05, 3.63) is 30.5 Å². The van der Waals surface area contributed by atoms with Crippen LogP contribution in [0.2, 0.25) is 0 Å². The van der Waals surface area contributed by atoms with E-state index in [0.29, 0.717) is 23.3 Å². The van der Waals surface area contributed by atoms with Crippen LogP contribution in [0.25, 0.3) is 10.9 Å². The van der Waals surface area contributed by atoms with Gasteiger partial charge in [-0.2, -0.15) is 0 Å². The van der Waals surface area contributed by atoms with Crippen molar-refractivity contribution in [1.29, 1.82) is 0 Å². The Hall–Kier alpha value is -1.70. The normalized spacial score (nSPS) is 13.3. The summed E-state index contributed by atoms with van der Waals surface area (Å²) in [6, 6.07) is 6.28.